The van der Waals surface area contributed by atoms with Crippen molar-refractivity contribution in [3.8, 4) is 0 Å². The standard InChI is InChI=1S/C22H30N2O5/c1-22(2,3)29-20(26)23-11-9-17(10-12-23)14-19(25)24-18(15-28-21(24)27)13-16-7-5-4-6-8-16/h4-8,17-18H,9-15H2,1-3H3/t18-/m0/s1. The molecule has 0 spiro atoms. The summed E-state index contributed by atoms with van der Waals surface area (Å²) in [6.07, 6.45) is 1.46. The van der Waals surface area contributed by atoms with E-state index in [1.165, 1.54) is 4.90 Å². The van der Waals surface area contributed by atoms with Gasteiger partial charge in [-0.1, -0.05) is 30.3 Å². The zero-order valence-corrected chi connectivity index (χ0v) is 17.4. The van der Waals surface area contributed by atoms with Crippen LogP contribution in [0.2, 0.25) is 0 Å². The van der Waals surface area contributed by atoms with Crippen LogP contribution in [0, 0.1) is 5.92 Å². The Morgan fingerprint density at radius 1 is 1.14 bits per heavy atom. The van der Waals surface area contributed by atoms with Crippen LogP contribution in [0.3, 0.4) is 0 Å². The Kier molecular flexibility index (Phi) is 6.45. The Bertz CT molecular complexity index is 735. The molecule has 2 aliphatic heterocycles. The lowest BCUT2D eigenvalue weighted by Crippen LogP contribution is -2.44. The van der Waals surface area contributed by atoms with Crippen LogP contribution < -0.4 is 0 Å². The lowest BCUT2D eigenvalue weighted by atomic mass is 9.93. The average Bonchev–Trinajstić information content (AvgIpc) is 3.02. The van der Waals surface area contributed by atoms with Crippen molar-refractivity contribution < 1.29 is 23.9 Å². The van der Waals surface area contributed by atoms with Gasteiger partial charge in [-0.2, -0.15) is 0 Å². The number of ether oxygens (including phenoxy) is 2. The lowest BCUT2D eigenvalue weighted by molar-refractivity contribution is -0.130. The van der Waals surface area contributed by atoms with Crippen LogP contribution in [-0.4, -0.2) is 59.2 Å². The van der Waals surface area contributed by atoms with Gasteiger partial charge in [-0.05, 0) is 51.5 Å². The van der Waals surface area contributed by atoms with Crippen molar-refractivity contribution in [1.82, 2.24) is 9.80 Å². The molecule has 3 rings (SSSR count). The van der Waals surface area contributed by atoms with Gasteiger partial charge >= 0.3 is 12.2 Å². The molecule has 1 aromatic carbocycles. The average molecular weight is 402 g/mol. The number of hydrogen-bond acceptors (Lipinski definition) is 5. The number of imide groups is 1. The van der Waals surface area contributed by atoms with Crippen LogP contribution in [0.25, 0.3) is 0 Å². The highest BCUT2D eigenvalue weighted by molar-refractivity contribution is 5.93. The van der Waals surface area contributed by atoms with Crippen LogP contribution in [0.1, 0.15) is 45.6 Å². The Morgan fingerprint density at radius 2 is 1.79 bits per heavy atom. The summed E-state index contributed by atoms with van der Waals surface area (Å²) in [5.41, 5.74) is 0.549. The highest BCUT2D eigenvalue weighted by Gasteiger charge is 2.39. The van der Waals surface area contributed by atoms with Gasteiger partial charge in [0, 0.05) is 19.5 Å². The number of hydrogen-bond donors (Lipinski definition) is 0. The van der Waals surface area contributed by atoms with E-state index in [9.17, 15) is 14.4 Å². The van der Waals surface area contributed by atoms with Crippen molar-refractivity contribution in [1.29, 1.82) is 0 Å². The predicted octanol–water partition coefficient (Wildman–Crippen LogP) is 3.61. The number of carbonyl (C=O) groups is 3. The smallest absolute Gasteiger partial charge is 0.416 e. The molecule has 7 heteroatoms. The van der Waals surface area contributed by atoms with Gasteiger partial charge in [-0.15, -0.1) is 0 Å². The van der Waals surface area contributed by atoms with Gasteiger partial charge in [-0.25, -0.2) is 14.5 Å². The maximum Gasteiger partial charge on any atom is 0.416 e. The zero-order valence-electron chi connectivity index (χ0n) is 17.4. The van der Waals surface area contributed by atoms with Gasteiger partial charge < -0.3 is 14.4 Å². The highest BCUT2D eigenvalue weighted by Crippen LogP contribution is 2.25. The minimum absolute atomic E-state index is 0.145. The summed E-state index contributed by atoms with van der Waals surface area (Å²) < 4.78 is 10.6. The van der Waals surface area contributed by atoms with Gasteiger partial charge in [0.1, 0.15) is 12.2 Å². The van der Waals surface area contributed by atoms with E-state index < -0.39 is 11.7 Å². The Hall–Kier alpha value is -2.57. The molecule has 0 bridgehead atoms. The normalized spacial score (nSPS) is 20.5. The van der Waals surface area contributed by atoms with Gasteiger partial charge in [0.05, 0.1) is 6.04 Å². The largest absolute Gasteiger partial charge is 0.447 e. The molecular weight excluding hydrogens is 372 g/mol. The summed E-state index contributed by atoms with van der Waals surface area (Å²) in [5, 5.41) is 0. The Balaban J connectivity index is 1.52. The molecule has 7 nitrogen and oxygen atoms in total. The topological polar surface area (TPSA) is 76.2 Å². The first kappa shape index (κ1) is 21.1. The predicted molar refractivity (Wildman–Crippen MR) is 107 cm³/mol. The summed E-state index contributed by atoms with van der Waals surface area (Å²) >= 11 is 0. The summed E-state index contributed by atoms with van der Waals surface area (Å²) in [7, 11) is 0. The third-order valence-electron chi connectivity index (χ3n) is 5.27. The molecular formula is C22H30N2O5. The summed E-state index contributed by atoms with van der Waals surface area (Å²) in [6, 6.07) is 9.52. The molecule has 2 fully saturated rings. The van der Waals surface area contributed by atoms with Crippen molar-refractivity contribution in [2.45, 2.75) is 58.1 Å². The molecule has 29 heavy (non-hydrogen) atoms. The summed E-state index contributed by atoms with van der Waals surface area (Å²) in [4.78, 5) is 40.1. The number of carbonyl (C=O) groups excluding carboxylic acids is 3. The number of rotatable bonds is 4. The SMILES string of the molecule is CC(C)(C)OC(=O)N1CCC(CC(=O)N2C(=O)OC[C@@H]2Cc2ccccc2)CC1. The van der Waals surface area contributed by atoms with E-state index >= 15 is 0 Å². The van der Waals surface area contributed by atoms with Crippen molar-refractivity contribution in [2.75, 3.05) is 19.7 Å². The highest BCUT2D eigenvalue weighted by atomic mass is 16.6. The lowest BCUT2D eigenvalue weighted by Gasteiger charge is -2.33. The Labute approximate surface area is 171 Å². The monoisotopic (exact) mass is 402 g/mol. The van der Waals surface area contributed by atoms with E-state index in [1.54, 1.807) is 4.90 Å². The first-order valence-electron chi connectivity index (χ1n) is 10.2. The Morgan fingerprint density at radius 3 is 2.41 bits per heavy atom. The van der Waals surface area contributed by atoms with Gasteiger partial charge in [0.2, 0.25) is 5.91 Å². The summed E-state index contributed by atoms with van der Waals surface area (Å²) in [6.45, 7) is 6.89. The number of nitrogens with zero attached hydrogens (tertiary/aromatic N) is 2. The molecule has 1 aromatic rings. The molecule has 158 valence electrons. The van der Waals surface area contributed by atoms with E-state index in [4.69, 9.17) is 9.47 Å². The van der Waals surface area contributed by atoms with Crippen LogP contribution in [0.5, 0.6) is 0 Å². The van der Waals surface area contributed by atoms with Crippen molar-refractivity contribution in [3.63, 3.8) is 0 Å². The molecule has 0 aliphatic carbocycles. The third-order valence-corrected chi connectivity index (χ3v) is 5.27. The van der Waals surface area contributed by atoms with Crippen LogP contribution in [-0.2, 0) is 20.7 Å². The van der Waals surface area contributed by atoms with Gasteiger partial charge in [0.15, 0.2) is 0 Å². The quantitative estimate of drug-likeness (QED) is 0.769. The minimum Gasteiger partial charge on any atom is -0.447 e. The molecule has 0 radical (unpaired) electrons. The fraction of sp³-hybridized carbons (Fsp3) is 0.591. The van der Waals surface area contributed by atoms with E-state index in [-0.39, 0.29) is 30.6 Å². The fourth-order valence-electron chi connectivity index (χ4n) is 3.79. The number of likely N-dealkylation sites (tertiary alicyclic amines) is 1. The van der Waals surface area contributed by atoms with Crippen molar-refractivity contribution in [3.05, 3.63) is 35.9 Å². The van der Waals surface area contributed by atoms with Crippen molar-refractivity contribution >= 4 is 18.1 Å². The molecule has 2 heterocycles. The van der Waals surface area contributed by atoms with Crippen molar-refractivity contribution in [2.24, 2.45) is 5.92 Å². The second-order valence-electron chi connectivity index (χ2n) is 8.80. The number of cyclic esters (lactones) is 1. The van der Waals surface area contributed by atoms with Crippen LogP contribution >= 0.6 is 0 Å². The number of amides is 3. The maximum atomic E-state index is 12.8. The minimum atomic E-state index is -0.554. The third kappa shape index (κ3) is 5.71. The molecule has 0 unspecified atom stereocenters. The van der Waals surface area contributed by atoms with Crippen LogP contribution in [0.4, 0.5) is 9.59 Å². The molecule has 3 amide bonds. The van der Waals surface area contributed by atoms with E-state index in [0.29, 0.717) is 25.9 Å². The van der Waals surface area contributed by atoms with Gasteiger partial charge in [0.25, 0.3) is 0 Å². The zero-order chi connectivity index (χ0) is 21.0. The van der Waals surface area contributed by atoms with Crippen LogP contribution in [0.15, 0.2) is 30.3 Å². The van der Waals surface area contributed by atoms with E-state index in [2.05, 4.69) is 0 Å². The second kappa shape index (κ2) is 8.84. The second-order valence-corrected chi connectivity index (χ2v) is 8.80. The maximum absolute atomic E-state index is 12.8. The van der Waals surface area contributed by atoms with Gasteiger partial charge in [-0.3, -0.25) is 4.79 Å². The fourth-order valence-corrected chi connectivity index (χ4v) is 3.79. The molecule has 0 saturated carbocycles. The molecule has 0 N–H and O–H groups in total. The molecule has 0 aromatic heterocycles. The first-order chi connectivity index (χ1) is 13.7. The summed E-state index contributed by atoms with van der Waals surface area (Å²) in [5.74, 6) is -0.0453. The van der Waals surface area contributed by atoms with E-state index in [0.717, 1.165) is 18.4 Å². The number of benzene rings is 1. The molecule has 2 aliphatic rings. The molecule has 1 atom stereocenters. The van der Waals surface area contributed by atoms with E-state index in [1.807, 2.05) is 51.1 Å². The first-order valence-corrected chi connectivity index (χ1v) is 10.2. The molecule has 2 saturated heterocycles. The number of piperidine rings is 1.